The van der Waals surface area contributed by atoms with Crippen LogP contribution in [0.3, 0.4) is 0 Å². The second-order valence-electron chi connectivity index (χ2n) is 0. The summed E-state index contributed by atoms with van der Waals surface area (Å²) in [6.07, 6.45) is 0. The van der Waals surface area contributed by atoms with Gasteiger partial charge in [0, 0.05) is 8.56 Å². The fraction of sp³-hybridized carbons (Fsp3) is 1.00. The van der Waals surface area contributed by atoms with E-state index >= 15 is 0 Å². The Hall–Kier alpha value is 0. The van der Waals surface area contributed by atoms with Crippen LogP contribution >= 0.6 is 0 Å². The van der Waals surface area contributed by atoms with Crippen molar-refractivity contribution in [2.75, 3.05) is 0 Å². The fourth-order valence-corrected chi connectivity index (χ4v) is 0. The van der Waals surface area contributed by atoms with Crippen molar-refractivity contribution >= 4 is 0 Å². The maximum atomic E-state index is 0. The monoisotopic (exact) mass is 184 g/mol. The Bertz CT molecular complexity index is 15.3. The molecule has 0 aliphatic carbocycles. The van der Waals surface area contributed by atoms with Crippen LogP contribution in [0.15, 0.2) is 0 Å². The summed E-state index contributed by atoms with van der Waals surface area (Å²) in [5.74, 6) is 0. The van der Waals surface area contributed by atoms with Gasteiger partial charge in [-0.1, -0.05) is 74.3 Å². The second kappa shape index (κ2) is 0. The molecule has 0 N–H and O–H groups in total. The standard InChI is InChI=1S/10CH4.6H2/h10*1H4;6*1H/i;;;;;;;;;;6*1+2. The summed E-state index contributed by atoms with van der Waals surface area (Å²) in [4.78, 5) is 0. The zero-order valence-electron chi connectivity index (χ0n) is 0. The Labute approximate surface area is 84.0 Å². The first-order valence-electron chi connectivity index (χ1n) is 0. The minimum Gasteiger partial charge on any atom is -0.0776 e. The van der Waals surface area contributed by atoms with Gasteiger partial charge in [-0.25, -0.2) is 0 Å². The van der Waals surface area contributed by atoms with Crippen molar-refractivity contribution in [2.24, 2.45) is 0 Å². The highest BCUT2D eigenvalue weighted by Gasteiger charge is -0.0686. The number of hydrogen-bond donors (Lipinski definition) is 0. The zero-order chi connectivity index (χ0) is 0. The smallest absolute Gasteiger partial charge is 0 e. The topological polar surface area (TPSA) is 0 Å². The summed E-state index contributed by atoms with van der Waals surface area (Å²) >= 11 is 0. The van der Waals surface area contributed by atoms with Crippen LogP contribution in [0.4, 0.5) is 0 Å². The molecule has 0 aliphatic heterocycles. The van der Waals surface area contributed by atoms with Crippen molar-refractivity contribution < 1.29 is 8.56 Å². The average Bonchev–Trinajstić information content (AvgIpc) is 0. The summed E-state index contributed by atoms with van der Waals surface area (Å²) < 4.78 is 0. The molecule has 0 heterocycles. The summed E-state index contributed by atoms with van der Waals surface area (Å²) in [7, 11) is 0. The van der Waals surface area contributed by atoms with E-state index in [9.17, 15) is 0 Å². The van der Waals surface area contributed by atoms with Gasteiger partial charge in [-0.2, -0.15) is 0 Å². The van der Waals surface area contributed by atoms with Gasteiger partial charge >= 0.3 is 0 Å². The van der Waals surface area contributed by atoms with Crippen LogP contribution in [-0.2, 0) is 0 Å². The Morgan fingerprint density at radius 1 is 0.200 bits per heavy atom. The first-order valence-corrected chi connectivity index (χ1v) is 0. The molecular formula is C10H52. The van der Waals surface area contributed by atoms with Gasteiger partial charge in [0.15, 0.2) is 0 Å². The molecule has 0 radical (unpaired) electrons. The van der Waals surface area contributed by atoms with Gasteiger partial charge in [-0.15, -0.1) is 0 Å². The summed E-state index contributed by atoms with van der Waals surface area (Å²) in [6.45, 7) is 0. The molecule has 0 spiro atoms. The lowest BCUT2D eigenvalue weighted by molar-refractivity contribution is 2.50. The SMILES string of the molecule is C.C.C.C.C.C.C.C.C.C.[3HH].[3HH].[3HH].[3HH].[3HH].[3HH]. The molecule has 0 rings (SSSR count). The van der Waals surface area contributed by atoms with E-state index in [1.807, 2.05) is 0 Å². The van der Waals surface area contributed by atoms with Crippen molar-refractivity contribution in [1.29, 1.82) is 0 Å². The molecule has 0 fully saturated rings. The van der Waals surface area contributed by atoms with Crippen molar-refractivity contribution in [1.82, 2.24) is 0 Å². The van der Waals surface area contributed by atoms with E-state index in [-0.39, 0.29) is 82.8 Å². The summed E-state index contributed by atoms with van der Waals surface area (Å²) in [5.41, 5.74) is 0. The maximum absolute atomic E-state index is 0. The molecule has 0 heteroatoms. The Morgan fingerprint density at radius 3 is 0.200 bits per heavy atom. The first kappa shape index (κ1) is 0. The number of rotatable bonds is 0. The molecular weight excluding hydrogens is 120 g/mol. The predicted octanol–water partition coefficient (Wildman–Crippen LogP) is 7.84. The molecule has 0 aliphatic rings. The summed E-state index contributed by atoms with van der Waals surface area (Å²) in [5, 5.41) is 0. The quantitative estimate of drug-likeness (QED) is 0.360. The normalized spacial score (nSPS) is 0. The lowest BCUT2D eigenvalue weighted by Crippen LogP contribution is 0.143. The van der Waals surface area contributed by atoms with Crippen LogP contribution in [0, 0.1) is 0 Å². The van der Waals surface area contributed by atoms with Crippen molar-refractivity contribution in [3.63, 3.8) is 0 Å². The van der Waals surface area contributed by atoms with Gasteiger partial charge in [-0.05, 0) is 0 Å². The van der Waals surface area contributed by atoms with Crippen LogP contribution < -0.4 is 0 Å². The third-order valence-corrected chi connectivity index (χ3v) is 0. The van der Waals surface area contributed by atoms with Crippen molar-refractivity contribution in [3.8, 4) is 0 Å². The van der Waals surface area contributed by atoms with Gasteiger partial charge in [0.2, 0.25) is 0 Å². The highest BCUT2D eigenvalue weighted by molar-refractivity contribution is 2.51. The van der Waals surface area contributed by atoms with Crippen LogP contribution in [0.2, 0.25) is 0 Å². The lowest BCUT2D eigenvalue weighted by Gasteiger charge is -0.0786. The highest BCUT2D eigenvalue weighted by Crippen LogP contribution is 0.153. The minimum absolute atomic E-state index is 0. The molecule has 92 valence electrons. The number of hydrogen-bond acceptors (Lipinski definition) is 0. The Balaban J connectivity index is 0. The largest absolute Gasteiger partial charge is 0.0776 e. The highest BCUT2D eigenvalue weighted by atomic mass is 12.0. The molecule has 0 aromatic carbocycles. The van der Waals surface area contributed by atoms with Crippen LogP contribution in [-0.4, -0.2) is 0 Å². The predicted molar refractivity (Wildman–Crippen MR) is 80.0 cm³/mol. The van der Waals surface area contributed by atoms with Gasteiger partial charge in [0.25, 0.3) is 0 Å². The molecule has 0 unspecified atom stereocenters. The molecule has 0 saturated carbocycles. The Kier molecular flexibility index (Phi) is 0. The van der Waals surface area contributed by atoms with E-state index in [2.05, 4.69) is 0 Å². The molecule has 0 bridgehead atoms. The van der Waals surface area contributed by atoms with E-state index in [0.29, 0.717) is 0 Å². The second-order valence-corrected chi connectivity index (χ2v) is 0. The first-order chi connectivity index (χ1) is 0. The van der Waals surface area contributed by atoms with Gasteiger partial charge in [0.1, 0.15) is 0 Å². The van der Waals surface area contributed by atoms with E-state index in [1.165, 1.54) is 0 Å². The minimum atomic E-state index is 0. The molecule has 0 aromatic rings. The van der Waals surface area contributed by atoms with Gasteiger partial charge in [-0.3, -0.25) is 0 Å². The van der Waals surface area contributed by atoms with Gasteiger partial charge < -0.3 is 0 Å². The lowest BCUT2D eigenvalue weighted by atomic mass is 12.0. The molecule has 0 aromatic heterocycles. The maximum Gasteiger partial charge on any atom is 0 e. The van der Waals surface area contributed by atoms with Crippen LogP contribution in [0.1, 0.15) is 82.8 Å². The molecule has 10 heavy (non-hydrogen) atoms. The van der Waals surface area contributed by atoms with E-state index < -0.39 is 0 Å². The third kappa shape index (κ3) is 0. The molecule has 0 atom stereocenters. The van der Waals surface area contributed by atoms with Crippen molar-refractivity contribution in [3.05, 3.63) is 0 Å². The van der Waals surface area contributed by atoms with E-state index in [4.69, 9.17) is 0 Å². The average molecular weight is 185 g/mol. The van der Waals surface area contributed by atoms with Crippen molar-refractivity contribution in [2.45, 2.75) is 74.3 Å². The van der Waals surface area contributed by atoms with E-state index in [0.717, 1.165) is 0 Å². The van der Waals surface area contributed by atoms with E-state index in [1.54, 1.807) is 0 Å². The Morgan fingerprint density at radius 2 is 0.200 bits per heavy atom. The van der Waals surface area contributed by atoms with Crippen LogP contribution in [0.25, 0.3) is 0 Å². The summed E-state index contributed by atoms with van der Waals surface area (Å²) in [6, 6.07) is 0. The van der Waals surface area contributed by atoms with Crippen LogP contribution in [0.5, 0.6) is 0 Å². The fourth-order valence-electron chi connectivity index (χ4n) is 0. The molecule has 0 nitrogen and oxygen atoms in total. The molecule has 0 amide bonds. The third-order valence-electron chi connectivity index (χ3n) is 0. The zero-order valence-corrected chi connectivity index (χ0v) is 0. The van der Waals surface area contributed by atoms with Gasteiger partial charge in [0.05, 0.1) is 0 Å². The molecule has 0 saturated heterocycles.